The van der Waals surface area contributed by atoms with Gasteiger partial charge in [-0.1, -0.05) is 24.3 Å². The third kappa shape index (κ3) is 3.61. The number of rotatable bonds is 4. The van der Waals surface area contributed by atoms with Crippen molar-refractivity contribution in [2.24, 2.45) is 7.05 Å². The number of thiophene rings is 1. The molecular weight excluding hydrogens is 412 g/mol. The van der Waals surface area contributed by atoms with Gasteiger partial charge in [0.25, 0.3) is 5.91 Å². The van der Waals surface area contributed by atoms with Gasteiger partial charge in [0, 0.05) is 26.1 Å². The SMILES string of the molecule is Cn1nc(C2CCN(C(=O)c3cc(-c4cccs4)[nH]n3)CC2)n(-c2ccccc2)c1=O. The molecular formula is C22H22N6O2S. The lowest BCUT2D eigenvalue weighted by Crippen LogP contribution is -2.38. The first kappa shape index (κ1) is 19.5. The number of para-hydroxylation sites is 1. The second-order valence-corrected chi connectivity index (χ2v) is 8.59. The molecule has 8 nitrogen and oxygen atoms in total. The van der Waals surface area contributed by atoms with Gasteiger partial charge in [0.05, 0.1) is 16.3 Å². The summed E-state index contributed by atoms with van der Waals surface area (Å²) in [5, 5.41) is 13.7. The van der Waals surface area contributed by atoms with Gasteiger partial charge >= 0.3 is 5.69 Å². The van der Waals surface area contributed by atoms with Crippen LogP contribution in [0.25, 0.3) is 16.3 Å². The number of likely N-dealkylation sites (tertiary alicyclic amines) is 1. The van der Waals surface area contributed by atoms with Crippen LogP contribution in [0, 0.1) is 0 Å². The minimum absolute atomic E-state index is 0.0704. The van der Waals surface area contributed by atoms with E-state index >= 15 is 0 Å². The molecule has 1 amide bonds. The molecule has 3 aromatic heterocycles. The lowest BCUT2D eigenvalue weighted by atomic mass is 9.95. The van der Waals surface area contributed by atoms with Crippen LogP contribution in [0.2, 0.25) is 0 Å². The second-order valence-electron chi connectivity index (χ2n) is 7.65. The van der Waals surface area contributed by atoms with Crippen LogP contribution in [0.3, 0.4) is 0 Å². The number of nitrogens with one attached hydrogen (secondary N) is 1. The zero-order chi connectivity index (χ0) is 21.4. The van der Waals surface area contributed by atoms with Crippen molar-refractivity contribution < 1.29 is 4.79 Å². The Morgan fingerprint density at radius 2 is 1.90 bits per heavy atom. The molecule has 0 bridgehead atoms. The summed E-state index contributed by atoms with van der Waals surface area (Å²) in [6, 6.07) is 15.3. The van der Waals surface area contributed by atoms with E-state index in [4.69, 9.17) is 0 Å². The number of aromatic amines is 1. The van der Waals surface area contributed by atoms with Crippen LogP contribution in [0.5, 0.6) is 0 Å². The molecule has 5 rings (SSSR count). The highest BCUT2D eigenvalue weighted by Crippen LogP contribution is 2.29. The Hall–Kier alpha value is -3.46. The molecule has 1 N–H and O–H groups in total. The predicted octanol–water partition coefficient (Wildman–Crippen LogP) is 3.04. The van der Waals surface area contributed by atoms with Crippen LogP contribution in [0.4, 0.5) is 0 Å². The maximum Gasteiger partial charge on any atom is 0.350 e. The minimum atomic E-state index is -0.155. The van der Waals surface area contributed by atoms with Crippen molar-refractivity contribution in [3.05, 3.63) is 75.9 Å². The molecule has 158 valence electrons. The van der Waals surface area contributed by atoms with Crippen molar-refractivity contribution in [1.82, 2.24) is 29.4 Å². The third-order valence-corrected chi connectivity index (χ3v) is 6.60. The topological polar surface area (TPSA) is 88.8 Å². The third-order valence-electron chi connectivity index (χ3n) is 5.70. The van der Waals surface area contributed by atoms with Crippen molar-refractivity contribution in [2.75, 3.05) is 13.1 Å². The highest BCUT2D eigenvalue weighted by atomic mass is 32.1. The van der Waals surface area contributed by atoms with Crippen LogP contribution in [-0.4, -0.2) is 48.4 Å². The van der Waals surface area contributed by atoms with Gasteiger partial charge in [-0.2, -0.15) is 10.2 Å². The van der Waals surface area contributed by atoms with Crippen LogP contribution in [0.1, 0.15) is 35.1 Å². The van der Waals surface area contributed by atoms with E-state index in [0.717, 1.165) is 34.9 Å². The molecule has 0 radical (unpaired) electrons. The molecule has 1 aliphatic heterocycles. The first-order valence-corrected chi connectivity index (χ1v) is 11.1. The molecule has 1 saturated heterocycles. The van der Waals surface area contributed by atoms with Crippen LogP contribution >= 0.6 is 11.3 Å². The molecule has 31 heavy (non-hydrogen) atoms. The maximum atomic E-state index is 12.9. The van der Waals surface area contributed by atoms with Gasteiger partial charge in [-0.15, -0.1) is 11.3 Å². The first-order valence-electron chi connectivity index (χ1n) is 10.2. The summed E-state index contributed by atoms with van der Waals surface area (Å²) in [4.78, 5) is 28.5. The fraction of sp³-hybridized carbons (Fsp3) is 0.273. The predicted molar refractivity (Wildman–Crippen MR) is 119 cm³/mol. The number of nitrogens with zero attached hydrogens (tertiary/aromatic N) is 5. The monoisotopic (exact) mass is 434 g/mol. The summed E-state index contributed by atoms with van der Waals surface area (Å²) in [5.74, 6) is 0.795. The normalized spacial score (nSPS) is 14.8. The maximum absolute atomic E-state index is 12.9. The van der Waals surface area contributed by atoms with Gasteiger partial charge in [-0.05, 0) is 42.5 Å². The van der Waals surface area contributed by atoms with E-state index in [-0.39, 0.29) is 17.5 Å². The van der Waals surface area contributed by atoms with Crippen molar-refractivity contribution >= 4 is 17.2 Å². The molecule has 0 aliphatic carbocycles. The van der Waals surface area contributed by atoms with E-state index in [0.29, 0.717) is 18.8 Å². The van der Waals surface area contributed by atoms with Gasteiger partial charge in [0.15, 0.2) is 5.69 Å². The molecule has 4 heterocycles. The lowest BCUT2D eigenvalue weighted by Gasteiger charge is -2.31. The Labute approximate surface area is 182 Å². The van der Waals surface area contributed by atoms with Crippen molar-refractivity contribution in [1.29, 1.82) is 0 Å². The smallest absolute Gasteiger partial charge is 0.337 e. The number of carbonyl (C=O) groups excluding carboxylic acids is 1. The Balaban J connectivity index is 1.32. The van der Waals surface area contributed by atoms with E-state index < -0.39 is 0 Å². The average molecular weight is 435 g/mol. The molecule has 1 aromatic carbocycles. The second kappa shape index (κ2) is 7.99. The Morgan fingerprint density at radius 3 is 2.61 bits per heavy atom. The van der Waals surface area contributed by atoms with Crippen molar-refractivity contribution in [2.45, 2.75) is 18.8 Å². The number of aryl methyl sites for hydroxylation is 1. The van der Waals surface area contributed by atoms with E-state index in [1.807, 2.05) is 58.8 Å². The van der Waals surface area contributed by atoms with E-state index in [1.54, 1.807) is 23.0 Å². The summed E-state index contributed by atoms with van der Waals surface area (Å²) in [7, 11) is 1.67. The number of hydrogen-bond acceptors (Lipinski definition) is 5. The van der Waals surface area contributed by atoms with Gasteiger partial charge in [-0.25, -0.2) is 14.0 Å². The van der Waals surface area contributed by atoms with Gasteiger partial charge in [0.2, 0.25) is 0 Å². The van der Waals surface area contributed by atoms with Crippen LogP contribution in [0.15, 0.2) is 58.7 Å². The number of amides is 1. The minimum Gasteiger partial charge on any atom is -0.337 e. The number of carbonyl (C=O) groups is 1. The van der Waals surface area contributed by atoms with Crippen LogP contribution in [-0.2, 0) is 7.05 Å². The molecule has 0 atom stereocenters. The highest BCUT2D eigenvalue weighted by molar-refractivity contribution is 7.13. The Morgan fingerprint density at radius 1 is 1.13 bits per heavy atom. The highest BCUT2D eigenvalue weighted by Gasteiger charge is 2.30. The zero-order valence-electron chi connectivity index (χ0n) is 17.1. The lowest BCUT2D eigenvalue weighted by molar-refractivity contribution is 0.0704. The largest absolute Gasteiger partial charge is 0.350 e. The number of hydrogen-bond donors (Lipinski definition) is 1. The summed E-state index contributed by atoms with van der Waals surface area (Å²) >= 11 is 1.60. The molecule has 1 fully saturated rings. The summed E-state index contributed by atoms with van der Waals surface area (Å²) in [6.45, 7) is 1.20. The van der Waals surface area contributed by atoms with E-state index in [2.05, 4.69) is 15.3 Å². The zero-order valence-corrected chi connectivity index (χ0v) is 17.9. The molecule has 1 aliphatic rings. The molecule has 4 aromatic rings. The molecule has 0 spiro atoms. The van der Waals surface area contributed by atoms with Gasteiger partial charge in [0.1, 0.15) is 5.82 Å². The van der Waals surface area contributed by atoms with Gasteiger partial charge in [-0.3, -0.25) is 9.89 Å². The van der Waals surface area contributed by atoms with Gasteiger partial charge < -0.3 is 4.90 Å². The Bertz CT molecular complexity index is 1250. The van der Waals surface area contributed by atoms with Crippen molar-refractivity contribution in [3.63, 3.8) is 0 Å². The summed E-state index contributed by atoms with van der Waals surface area (Å²) in [5.41, 5.74) is 1.94. The average Bonchev–Trinajstić information content (AvgIpc) is 3.55. The number of benzene rings is 1. The summed E-state index contributed by atoms with van der Waals surface area (Å²) in [6.07, 6.45) is 1.49. The van der Waals surface area contributed by atoms with E-state index in [1.165, 1.54) is 4.68 Å². The Kier molecular flexibility index (Phi) is 5.03. The first-order chi connectivity index (χ1) is 15.1. The fourth-order valence-electron chi connectivity index (χ4n) is 4.06. The van der Waals surface area contributed by atoms with Crippen LogP contribution < -0.4 is 5.69 Å². The number of H-pyrrole nitrogens is 1. The van der Waals surface area contributed by atoms with E-state index in [9.17, 15) is 9.59 Å². The molecule has 0 saturated carbocycles. The standard InChI is InChI=1S/C22H22N6O2S/c1-26-22(30)28(16-6-3-2-4-7-16)20(25-26)15-9-11-27(12-10-15)21(29)18-14-17(23-24-18)19-8-5-13-31-19/h2-8,13-15H,9-12H2,1H3,(H,23,24). The van der Waals surface area contributed by atoms with Crippen molar-refractivity contribution in [3.8, 4) is 16.3 Å². The fourth-order valence-corrected chi connectivity index (χ4v) is 4.75. The molecule has 9 heteroatoms. The quantitative estimate of drug-likeness (QED) is 0.535. The molecule has 0 unspecified atom stereocenters. The summed E-state index contributed by atoms with van der Waals surface area (Å²) < 4.78 is 3.07. The number of aromatic nitrogens is 5. The number of piperidine rings is 1.